The molecule has 1 aromatic carbocycles. The molecule has 2 aliphatic heterocycles. The third kappa shape index (κ3) is 3.79. The van der Waals surface area contributed by atoms with Crippen LogP contribution in [0.15, 0.2) is 29.5 Å². The van der Waals surface area contributed by atoms with Gasteiger partial charge < -0.3 is 20.1 Å². The fraction of sp³-hybridized carbons (Fsp3) is 0.526. The number of ether oxygens (including phenoxy) is 2. The molecule has 0 aromatic heterocycles. The number of carbonyl (C=O) groups excluding carboxylic acids is 1. The summed E-state index contributed by atoms with van der Waals surface area (Å²) in [5.41, 5.74) is 7.42. The van der Waals surface area contributed by atoms with Crippen LogP contribution < -0.4 is 15.2 Å². The zero-order valence-electron chi connectivity index (χ0n) is 14.5. The summed E-state index contributed by atoms with van der Waals surface area (Å²) in [6.07, 6.45) is 3.15. The minimum absolute atomic E-state index is 0.0418. The van der Waals surface area contributed by atoms with Crippen LogP contribution in [0.4, 0.5) is 0 Å². The number of likely N-dealkylation sites (tertiary alicyclic amines) is 1. The molecule has 130 valence electrons. The Balaban J connectivity index is 1.49. The number of allylic oxidation sites excluding steroid dienone is 2. The molecule has 1 aromatic rings. The first kappa shape index (κ1) is 17.0. The minimum atomic E-state index is -0.0418. The van der Waals surface area contributed by atoms with Crippen molar-refractivity contribution in [2.24, 2.45) is 5.73 Å². The fourth-order valence-corrected chi connectivity index (χ4v) is 3.13. The first-order valence-corrected chi connectivity index (χ1v) is 8.69. The van der Waals surface area contributed by atoms with Crippen LogP contribution >= 0.6 is 0 Å². The lowest BCUT2D eigenvalue weighted by molar-refractivity contribution is 0.101. The molecule has 0 aliphatic carbocycles. The molecule has 2 heterocycles. The Morgan fingerprint density at radius 2 is 2.08 bits per heavy atom. The third-order valence-corrected chi connectivity index (χ3v) is 4.59. The van der Waals surface area contributed by atoms with E-state index in [2.05, 4.69) is 4.90 Å². The van der Waals surface area contributed by atoms with Crippen LogP contribution in [0.25, 0.3) is 0 Å². The molecule has 0 bridgehead atoms. The van der Waals surface area contributed by atoms with Crippen LogP contribution in [0.3, 0.4) is 0 Å². The average Bonchev–Trinajstić information content (AvgIpc) is 2.90. The van der Waals surface area contributed by atoms with E-state index in [-0.39, 0.29) is 5.78 Å². The van der Waals surface area contributed by atoms with Crippen LogP contribution in [-0.4, -0.2) is 43.0 Å². The monoisotopic (exact) mass is 330 g/mol. The van der Waals surface area contributed by atoms with Crippen molar-refractivity contribution in [1.29, 1.82) is 0 Å². The lowest BCUT2D eigenvalue weighted by Gasteiger charge is -2.29. The molecule has 1 saturated heterocycles. The summed E-state index contributed by atoms with van der Waals surface area (Å²) in [5.74, 6) is 1.74. The Kier molecular flexibility index (Phi) is 5.21. The van der Waals surface area contributed by atoms with E-state index in [1.54, 1.807) is 6.07 Å². The van der Waals surface area contributed by atoms with Gasteiger partial charge in [-0.25, -0.2) is 0 Å². The highest BCUT2D eigenvalue weighted by atomic mass is 16.5. The highest BCUT2D eigenvalue weighted by Gasteiger charge is 2.28. The summed E-state index contributed by atoms with van der Waals surface area (Å²) in [6.45, 7) is 7.62. The standard InChI is InChI=1S/C19H26N2O3/c1-13(2)19-18(22)16-5-4-15(12-17(16)24-19)23-11-3-8-21-9-6-14(20)7-10-21/h4-5,12,14H,3,6-11,20H2,1-2H3. The van der Waals surface area contributed by atoms with Crippen molar-refractivity contribution >= 4 is 5.78 Å². The maximum atomic E-state index is 12.2. The van der Waals surface area contributed by atoms with Gasteiger partial charge in [0.25, 0.3) is 0 Å². The number of carbonyl (C=O) groups is 1. The van der Waals surface area contributed by atoms with Crippen molar-refractivity contribution in [3.63, 3.8) is 0 Å². The molecule has 5 nitrogen and oxygen atoms in total. The average molecular weight is 330 g/mol. The van der Waals surface area contributed by atoms with Gasteiger partial charge in [0, 0.05) is 18.7 Å². The predicted octanol–water partition coefficient (Wildman–Crippen LogP) is 2.75. The van der Waals surface area contributed by atoms with E-state index >= 15 is 0 Å². The number of rotatable bonds is 5. The van der Waals surface area contributed by atoms with E-state index < -0.39 is 0 Å². The second-order valence-electron chi connectivity index (χ2n) is 6.80. The highest BCUT2D eigenvalue weighted by molar-refractivity contribution is 6.12. The smallest absolute Gasteiger partial charge is 0.231 e. The number of Topliss-reactive ketones (excluding diaryl/α,β-unsaturated/α-hetero) is 1. The van der Waals surface area contributed by atoms with Gasteiger partial charge in [0.05, 0.1) is 12.2 Å². The number of nitrogens with zero attached hydrogens (tertiary/aromatic N) is 1. The molecule has 0 unspecified atom stereocenters. The number of nitrogens with two attached hydrogens (primary N) is 1. The van der Waals surface area contributed by atoms with E-state index in [4.69, 9.17) is 15.2 Å². The summed E-state index contributed by atoms with van der Waals surface area (Å²) in [7, 11) is 0. The van der Waals surface area contributed by atoms with E-state index in [0.717, 1.165) is 50.2 Å². The van der Waals surface area contributed by atoms with Crippen LogP contribution in [0.1, 0.15) is 43.5 Å². The number of hydrogen-bond donors (Lipinski definition) is 1. The van der Waals surface area contributed by atoms with Crippen molar-refractivity contribution in [2.75, 3.05) is 26.2 Å². The molecule has 0 amide bonds. The van der Waals surface area contributed by atoms with Crippen molar-refractivity contribution < 1.29 is 14.3 Å². The first-order chi connectivity index (χ1) is 11.5. The Hall–Kier alpha value is -1.85. The second kappa shape index (κ2) is 7.36. The maximum Gasteiger partial charge on any atom is 0.231 e. The van der Waals surface area contributed by atoms with Gasteiger partial charge in [0.1, 0.15) is 11.5 Å². The van der Waals surface area contributed by atoms with Gasteiger partial charge in [0.15, 0.2) is 5.76 Å². The Labute approximate surface area is 143 Å². The lowest BCUT2D eigenvalue weighted by atomic mass is 10.1. The Morgan fingerprint density at radius 3 is 2.79 bits per heavy atom. The van der Waals surface area contributed by atoms with Crippen LogP contribution in [0, 0.1) is 0 Å². The topological polar surface area (TPSA) is 64.8 Å². The van der Waals surface area contributed by atoms with Crippen molar-refractivity contribution in [2.45, 2.75) is 39.2 Å². The summed E-state index contributed by atoms with van der Waals surface area (Å²) in [6, 6.07) is 5.81. The number of ketones is 1. The summed E-state index contributed by atoms with van der Waals surface area (Å²) < 4.78 is 11.5. The molecule has 2 aliphatic rings. The van der Waals surface area contributed by atoms with Crippen LogP contribution in [-0.2, 0) is 0 Å². The molecular formula is C19H26N2O3. The van der Waals surface area contributed by atoms with Crippen molar-refractivity contribution in [1.82, 2.24) is 4.90 Å². The Bertz CT molecular complexity index is 642. The van der Waals surface area contributed by atoms with Gasteiger partial charge in [-0.2, -0.15) is 0 Å². The van der Waals surface area contributed by atoms with Gasteiger partial charge in [-0.15, -0.1) is 0 Å². The SMILES string of the molecule is CC(C)=C1Oc2cc(OCCCN3CCC(N)CC3)ccc2C1=O. The van der Waals surface area contributed by atoms with Crippen molar-refractivity contribution in [3.8, 4) is 11.5 Å². The quantitative estimate of drug-likeness (QED) is 0.664. The second-order valence-corrected chi connectivity index (χ2v) is 6.80. The van der Waals surface area contributed by atoms with Crippen molar-refractivity contribution in [3.05, 3.63) is 35.1 Å². The largest absolute Gasteiger partial charge is 0.493 e. The molecule has 24 heavy (non-hydrogen) atoms. The number of hydrogen-bond acceptors (Lipinski definition) is 5. The summed E-state index contributed by atoms with van der Waals surface area (Å²) in [4.78, 5) is 14.6. The summed E-state index contributed by atoms with van der Waals surface area (Å²) in [5, 5.41) is 0. The Morgan fingerprint density at radius 1 is 1.33 bits per heavy atom. The van der Waals surface area contributed by atoms with E-state index in [1.165, 1.54) is 0 Å². The summed E-state index contributed by atoms with van der Waals surface area (Å²) >= 11 is 0. The molecule has 0 spiro atoms. The van der Waals surface area contributed by atoms with Crippen LogP contribution in [0.5, 0.6) is 11.5 Å². The molecule has 2 N–H and O–H groups in total. The minimum Gasteiger partial charge on any atom is -0.493 e. The number of piperidine rings is 1. The molecule has 0 radical (unpaired) electrons. The van der Waals surface area contributed by atoms with Gasteiger partial charge in [-0.3, -0.25) is 4.79 Å². The van der Waals surface area contributed by atoms with Crippen LogP contribution in [0.2, 0.25) is 0 Å². The predicted molar refractivity (Wildman–Crippen MR) is 93.5 cm³/mol. The molecular weight excluding hydrogens is 304 g/mol. The molecule has 0 atom stereocenters. The maximum absolute atomic E-state index is 12.2. The normalized spacial score (nSPS) is 18.5. The van der Waals surface area contributed by atoms with Gasteiger partial charge in [-0.05, 0) is 63.9 Å². The van der Waals surface area contributed by atoms with Gasteiger partial charge >= 0.3 is 0 Å². The molecule has 0 saturated carbocycles. The fourth-order valence-electron chi connectivity index (χ4n) is 3.13. The van der Waals surface area contributed by atoms with Gasteiger partial charge in [-0.1, -0.05) is 0 Å². The number of benzene rings is 1. The highest BCUT2D eigenvalue weighted by Crippen LogP contribution is 2.35. The zero-order valence-corrected chi connectivity index (χ0v) is 14.5. The number of fused-ring (bicyclic) bond motifs is 1. The zero-order chi connectivity index (χ0) is 17.1. The van der Waals surface area contributed by atoms with E-state index in [0.29, 0.717) is 29.7 Å². The first-order valence-electron chi connectivity index (χ1n) is 8.69. The molecule has 1 fully saturated rings. The van der Waals surface area contributed by atoms with Gasteiger partial charge in [0.2, 0.25) is 5.78 Å². The van der Waals surface area contributed by atoms with E-state index in [9.17, 15) is 4.79 Å². The lowest BCUT2D eigenvalue weighted by Crippen LogP contribution is -2.40. The molecule has 3 rings (SSSR count). The molecule has 5 heteroatoms. The third-order valence-electron chi connectivity index (χ3n) is 4.59. The van der Waals surface area contributed by atoms with E-state index in [1.807, 2.05) is 26.0 Å².